The molecule has 3 heterocycles. The standard InChI is InChI=1S/C19H20N8O4/c20-6-1-7-21-12-26-8-4-19(5-9-26)17(29)27(18(30)23-19)11-16(28)22-13-2-3-14-15(10-13)25-31-24-14/h1-3,6-7,10,12,20H,4-5,8-9,11H2,(H,22,28)(H,23,30)/b7-1-,20-6?,21-12?. The molecular formula is C19H20N8O4. The number of carbonyl (C=O) groups is 3. The number of amides is 4. The molecule has 0 radical (unpaired) electrons. The molecule has 3 N–H and O–H groups in total. The summed E-state index contributed by atoms with van der Waals surface area (Å²) in [6.45, 7) is 0.667. The van der Waals surface area contributed by atoms with Crippen molar-refractivity contribution >= 4 is 47.1 Å². The van der Waals surface area contributed by atoms with E-state index in [1.807, 2.05) is 4.90 Å². The van der Waals surface area contributed by atoms with E-state index in [1.165, 1.54) is 12.3 Å². The molecule has 0 bridgehead atoms. The summed E-state index contributed by atoms with van der Waals surface area (Å²) in [4.78, 5) is 44.8. The molecule has 2 saturated heterocycles. The fraction of sp³-hybridized carbons (Fsp3) is 0.316. The maximum atomic E-state index is 13.0. The molecule has 4 rings (SSSR count). The van der Waals surface area contributed by atoms with Crippen molar-refractivity contribution in [3.63, 3.8) is 0 Å². The molecular weight excluding hydrogens is 404 g/mol. The van der Waals surface area contributed by atoms with Crippen LogP contribution < -0.4 is 10.6 Å². The van der Waals surface area contributed by atoms with Crippen LogP contribution in [0.3, 0.4) is 0 Å². The van der Waals surface area contributed by atoms with E-state index in [0.717, 1.165) is 11.1 Å². The minimum Gasteiger partial charge on any atom is -0.362 e. The van der Waals surface area contributed by atoms with Crippen LogP contribution in [0.4, 0.5) is 10.5 Å². The molecule has 0 aliphatic carbocycles. The zero-order valence-electron chi connectivity index (χ0n) is 16.4. The molecule has 2 aliphatic rings. The van der Waals surface area contributed by atoms with E-state index >= 15 is 0 Å². The number of anilines is 1. The number of aromatic nitrogens is 2. The van der Waals surface area contributed by atoms with Crippen molar-refractivity contribution in [2.45, 2.75) is 18.4 Å². The Morgan fingerprint density at radius 2 is 2.06 bits per heavy atom. The van der Waals surface area contributed by atoms with Gasteiger partial charge in [0.1, 0.15) is 23.1 Å². The van der Waals surface area contributed by atoms with Gasteiger partial charge in [-0.3, -0.25) is 14.5 Å². The van der Waals surface area contributed by atoms with Crippen LogP contribution in [0.5, 0.6) is 0 Å². The Kier molecular flexibility index (Phi) is 5.43. The van der Waals surface area contributed by atoms with E-state index < -0.39 is 23.4 Å². The molecule has 31 heavy (non-hydrogen) atoms. The molecule has 0 atom stereocenters. The highest BCUT2D eigenvalue weighted by Crippen LogP contribution is 2.29. The Hall–Kier alpha value is -4.09. The predicted molar refractivity (Wildman–Crippen MR) is 111 cm³/mol. The number of likely N-dealkylation sites (tertiary alicyclic amines) is 1. The summed E-state index contributed by atoms with van der Waals surface area (Å²) in [6.07, 6.45) is 6.57. The van der Waals surface area contributed by atoms with Crippen LogP contribution in [0.25, 0.3) is 11.0 Å². The summed E-state index contributed by atoms with van der Waals surface area (Å²) < 4.78 is 4.62. The third-order valence-corrected chi connectivity index (χ3v) is 5.24. The van der Waals surface area contributed by atoms with Crippen LogP contribution in [0, 0.1) is 5.41 Å². The molecule has 2 fully saturated rings. The number of hydrogen-bond acceptors (Lipinski definition) is 8. The molecule has 2 aromatic rings. The molecule has 12 nitrogen and oxygen atoms in total. The van der Waals surface area contributed by atoms with E-state index in [2.05, 4.69) is 30.6 Å². The van der Waals surface area contributed by atoms with Gasteiger partial charge in [-0.25, -0.2) is 14.4 Å². The fourth-order valence-electron chi connectivity index (χ4n) is 3.61. The molecule has 1 spiro atoms. The number of carbonyl (C=O) groups excluding carboxylic acids is 3. The van der Waals surface area contributed by atoms with Crippen molar-refractivity contribution in [2.24, 2.45) is 4.99 Å². The lowest BCUT2D eigenvalue weighted by atomic mass is 9.87. The van der Waals surface area contributed by atoms with Gasteiger partial charge in [-0.2, -0.15) is 0 Å². The summed E-state index contributed by atoms with van der Waals surface area (Å²) in [5.41, 5.74) is 0.490. The van der Waals surface area contributed by atoms with Gasteiger partial charge in [0.2, 0.25) is 5.91 Å². The van der Waals surface area contributed by atoms with Gasteiger partial charge in [0, 0.05) is 31.2 Å². The number of fused-ring (bicyclic) bond motifs is 1. The minimum atomic E-state index is -1.00. The number of imide groups is 1. The average molecular weight is 424 g/mol. The molecule has 0 saturated carbocycles. The first-order valence-corrected chi connectivity index (χ1v) is 9.60. The second-order valence-corrected chi connectivity index (χ2v) is 7.23. The lowest BCUT2D eigenvalue weighted by molar-refractivity contribution is -0.135. The molecule has 12 heteroatoms. The number of aliphatic imine (C=N–C) groups is 1. The van der Waals surface area contributed by atoms with E-state index in [9.17, 15) is 14.4 Å². The Morgan fingerprint density at radius 3 is 2.84 bits per heavy atom. The summed E-state index contributed by atoms with van der Waals surface area (Å²) in [7, 11) is 0. The van der Waals surface area contributed by atoms with Gasteiger partial charge >= 0.3 is 6.03 Å². The van der Waals surface area contributed by atoms with Gasteiger partial charge in [0.25, 0.3) is 5.91 Å². The highest BCUT2D eigenvalue weighted by atomic mass is 16.6. The Bertz CT molecular complexity index is 1080. The van der Waals surface area contributed by atoms with Crippen LogP contribution in [0.15, 0.2) is 40.1 Å². The zero-order valence-corrected chi connectivity index (χ0v) is 16.4. The van der Waals surface area contributed by atoms with Gasteiger partial charge < -0.3 is 20.9 Å². The Balaban J connectivity index is 1.36. The molecule has 4 amide bonds. The number of rotatable bonds is 6. The number of urea groups is 1. The molecule has 1 aromatic carbocycles. The first-order valence-electron chi connectivity index (χ1n) is 9.60. The van der Waals surface area contributed by atoms with Crippen LogP contribution in [-0.4, -0.2) is 75.7 Å². The molecule has 0 unspecified atom stereocenters. The van der Waals surface area contributed by atoms with Gasteiger partial charge in [-0.05, 0) is 47.4 Å². The Morgan fingerprint density at radius 1 is 1.29 bits per heavy atom. The normalized spacial score (nSPS) is 18.5. The number of piperidine rings is 1. The van der Waals surface area contributed by atoms with Crippen LogP contribution in [0.1, 0.15) is 12.8 Å². The third-order valence-electron chi connectivity index (χ3n) is 5.24. The smallest absolute Gasteiger partial charge is 0.325 e. The topological polar surface area (TPSA) is 157 Å². The average Bonchev–Trinajstić information content (AvgIpc) is 3.31. The summed E-state index contributed by atoms with van der Waals surface area (Å²) >= 11 is 0. The maximum absolute atomic E-state index is 13.0. The number of nitrogens with zero attached hydrogens (tertiary/aromatic N) is 5. The molecule has 160 valence electrons. The quantitative estimate of drug-likeness (QED) is 0.351. The Labute approximate surface area is 176 Å². The summed E-state index contributed by atoms with van der Waals surface area (Å²) in [6, 6.07) is 4.28. The first-order chi connectivity index (χ1) is 15.0. The van der Waals surface area contributed by atoms with Crippen molar-refractivity contribution in [3.8, 4) is 0 Å². The zero-order chi connectivity index (χ0) is 21.8. The van der Waals surface area contributed by atoms with Crippen molar-refractivity contribution in [3.05, 3.63) is 30.5 Å². The van der Waals surface area contributed by atoms with Crippen LogP contribution in [0.2, 0.25) is 0 Å². The number of benzene rings is 1. The van der Waals surface area contributed by atoms with E-state index in [0.29, 0.717) is 42.7 Å². The van der Waals surface area contributed by atoms with Crippen molar-refractivity contribution < 1.29 is 19.0 Å². The summed E-state index contributed by atoms with van der Waals surface area (Å²) in [5, 5.41) is 19.7. The van der Waals surface area contributed by atoms with Gasteiger partial charge in [0.05, 0.1) is 6.34 Å². The SMILES string of the molecule is N=C/C=C\N=CN1CCC2(CC1)NC(=O)N(CC(=O)Nc1ccc3nonc3c1)C2=O. The largest absolute Gasteiger partial charge is 0.362 e. The number of allylic oxidation sites excluding steroid dienone is 1. The summed E-state index contributed by atoms with van der Waals surface area (Å²) in [5.74, 6) is -0.900. The second kappa shape index (κ2) is 8.34. The third kappa shape index (κ3) is 4.13. The van der Waals surface area contributed by atoms with Crippen molar-refractivity contribution in [1.29, 1.82) is 5.41 Å². The molecule has 1 aromatic heterocycles. The van der Waals surface area contributed by atoms with Crippen LogP contribution >= 0.6 is 0 Å². The van der Waals surface area contributed by atoms with E-state index in [1.54, 1.807) is 24.5 Å². The van der Waals surface area contributed by atoms with Gasteiger partial charge in [-0.1, -0.05) is 0 Å². The van der Waals surface area contributed by atoms with Crippen molar-refractivity contribution in [1.82, 2.24) is 25.4 Å². The molecule has 2 aliphatic heterocycles. The predicted octanol–water partition coefficient (Wildman–Crippen LogP) is 0.739. The highest BCUT2D eigenvalue weighted by Gasteiger charge is 2.52. The lowest BCUT2D eigenvalue weighted by Gasteiger charge is -2.36. The monoisotopic (exact) mass is 424 g/mol. The highest BCUT2D eigenvalue weighted by molar-refractivity contribution is 6.10. The number of hydrogen-bond donors (Lipinski definition) is 3. The van der Waals surface area contributed by atoms with Gasteiger partial charge in [0.15, 0.2) is 0 Å². The van der Waals surface area contributed by atoms with E-state index in [4.69, 9.17) is 5.41 Å². The first kappa shape index (κ1) is 20.2. The van der Waals surface area contributed by atoms with E-state index in [-0.39, 0.29) is 6.54 Å². The van der Waals surface area contributed by atoms with Crippen molar-refractivity contribution in [2.75, 3.05) is 25.0 Å². The number of nitrogens with one attached hydrogen (secondary N) is 3. The second-order valence-electron chi connectivity index (χ2n) is 7.23. The maximum Gasteiger partial charge on any atom is 0.325 e. The fourth-order valence-corrected chi connectivity index (χ4v) is 3.61. The minimum absolute atomic E-state index is 0.388. The lowest BCUT2D eigenvalue weighted by Crippen LogP contribution is -2.54. The van der Waals surface area contributed by atoms with Gasteiger partial charge in [-0.15, -0.1) is 0 Å². The van der Waals surface area contributed by atoms with Crippen LogP contribution in [-0.2, 0) is 9.59 Å².